The third-order valence-electron chi connectivity index (χ3n) is 3.87. The molecule has 1 aliphatic rings. The highest BCUT2D eigenvalue weighted by molar-refractivity contribution is 5.81. The van der Waals surface area contributed by atoms with E-state index in [0.717, 1.165) is 19.3 Å². The molecule has 0 saturated carbocycles. The number of alkyl halides is 3. The molecule has 0 unspecified atom stereocenters. The standard InChI is InChI=1S/C18H23F3N2O2/c19-18(20,21)13-25-16-9-5-4-8-15(16)23-12-17(24)22-11-10-14-6-2-1-3-7-14/h4-6,8-9,23H,1-3,7,10-13H2,(H,22,24). The quantitative estimate of drug-likeness (QED) is 0.691. The molecule has 0 aliphatic heterocycles. The predicted molar refractivity (Wildman–Crippen MR) is 90.7 cm³/mol. The molecule has 0 atom stereocenters. The first kappa shape index (κ1) is 19.1. The van der Waals surface area contributed by atoms with Gasteiger partial charge in [-0.05, 0) is 44.2 Å². The molecule has 0 fully saturated rings. The predicted octanol–water partition coefficient (Wildman–Crippen LogP) is 4.05. The lowest BCUT2D eigenvalue weighted by atomic mass is 9.97. The van der Waals surface area contributed by atoms with E-state index in [2.05, 4.69) is 16.7 Å². The maximum absolute atomic E-state index is 12.3. The average molecular weight is 356 g/mol. The molecule has 1 aromatic rings. The first-order valence-corrected chi connectivity index (χ1v) is 8.41. The number of halogens is 3. The van der Waals surface area contributed by atoms with E-state index in [9.17, 15) is 18.0 Å². The molecule has 25 heavy (non-hydrogen) atoms. The van der Waals surface area contributed by atoms with Gasteiger partial charge in [-0.15, -0.1) is 0 Å². The number of anilines is 1. The summed E-state index contributed by atoms with van der Waals surface area (Å²) in [6, 6.07) is 6.25. The van der Waals surface area contributed by atoms with Gasteiger partial charge >= 0.3 is 6.18 Å². The van der Waals surface area contributed by atoms with Crippen molar-refractivity contribution in [2.45, 2.75) is 38.3 Å². The highest BCUT2D eigenvalue weighted by atomic mass is 19.4. The van der Waals surface area contributed by atoms with Crippen LogP contribution in [0.25, 0.3) is 0 Å². The van der Waals surface area contributed by atoms with Crippen molar-refractivity contribution < 1.29 is 22.7 Å². The minimum Gasteiger partial charge on any atom is -0.482 e. The van der Waals surface area contributed by atoms with Gasteiger partial charge in [0.1, 0.15) is 5.75 Å². The minimum atomic E-state index is -4.40. The zero-order valence-corrected chi connectivity index (χ0v) is 14.0. The molecule has 0 spiro atoms. The summed E-state index contributed by atoms with van der Waals surface area (Å²) in [5.41, 5.74) is 1.74. The Labute approximate surface area is 145 Å². The molecule has 0 aromatic heterocycles. The van der Waals surface area contributed by atoms with Crippen molar-refractivity contribution in [2.24, 2.45) is 0 Å². The lowest BCUT2D eigenvalue weighted by Gasteiger charge is -2.15. The van der Waals surface area contributed by atoms with Crippen molar-refractivity contribution >= 4 is 11.6 Å². The molecule has 0 bridgehead atoms. The number of benzene rings is 1. The van der Waals surface area contributed by atoms with Crippen molar-refractivity contribution in [2.75, 3.05) is 25.0 Å². The van der Waals surface area contributed by atoms with Gasteiger partial charge in [-0.2, -0.15) is 13.2 Å². The summed E-state index contributed by atoms with van der Waals surface area (Å²) in [6.07, 6.45) is 3.32. The SMILES string of the molecule is O=C(CNc1ccccc1OCC(F)(F)F)NCCC1=CCCCC1. The molecule has 2 rings (SSSR count). The molecule has 4 nitrogen and oxygen atoms in total. The molecular weight excluding hydrogens is 333 g/mol. The van der Waals surface area contributed by atoms with E-state index in [1.165, 1.54) is 24.5 Å². The molecule has 138 valence electrons. The fourth-order valence-electron chi connectivity index (χ4n) is 2.63. The third-order valence-corrected chi connectivity index (χ3v) is 3.87. The number of allylic oxidation sites excluding steroid dienone is 1. The molecule has 1 aliphatic carbocycles. The van der Waals surface area contributed by atoms with Gasteiger partial charge in [-0.3, -0.25) is 4.79 Å². The van der Waals surface area contributed by atoms with Crippen LogP contribution in [0.1, 0.15) is 32.1 Å². The Morgan fingerprint density at radius 3 is 2.72 bits per heavy atom. The second-order valence-electron chi connectivity index (χ2n) is 5.96. The Morgan fingerprint density at radius 1 is 1.20 bits per heavy atom. The smallest absolute Gasteiger partial charge is 0.422 e. The van der Waals surface area contributed by atoms with E-state index < -0.39 is 12.8 Å². The van der Waals surface area contributed by atoms with Crippen LogP contribution in [-0.4, -0.2) is 31.8 Å². The molecule has 1 aromatic carbocycles. The zero-order valence-electron chi connectivity index (χ0n) is 14.0. The monoisotopic (exact) mass is 356 g/mol. The number of para-hydroxylation sites is 2. The van der Waals surface area contributed by atoms with E-state index in [-0.39, 0.29) is 18.2 Å². The van der Waals surface area contributed by atoms with Crippen molar-refractivity contribution in [1.29, 1.82) is 0 Å². The van der Waals surface area contributed by atoms with E-state index in [0.29, 0.717) is 12.2 Å². The molecule has 7 heteroatoms. The summed E-state index contributed by atoms with van der Waals surface area (Å²) < 4.78 is 41.6. The summed E-state index contributed by atoms with van der Waals surface area (Å²) in [5.74, 6) is -0.137. The topological polar surface area (TPSA) is 50.4 Å². The van der Waals surface area contributed by atoms with Crippen LogP contribution >= 0.6 is 0 Å². The van der Waals surface area contributed by atoms with E-state index in [1.807, 2.05) is 0 Å². The van der Waals surface area contributed by atoms with Crippen LogP contribution in [0.4, 0.5) is 18.9 Å². The largest absolute Gasteiger partial charge is 0.482 e. The number of carbonyl (C=O) groups is 1. The minimum absolute atomic E-state index is 0.0224. The summed E-state index contributed by atoms with van der Waals surface area (Å²) in [5, 5.41) is 5.63. The van der Waals surface area contributed by atoms with Gasteiger partial charge in [-0.25, -0.2) is 0 Å². The number of nitrogens with one attached hydrogen (secondary N) is 2. The van der Waals surface area contributed by atoms with Gasteiger partial charge in [-0.1, -0.05) is 23.8 Å². The maximum Gasteiger partial charge on any atom is 0.422 e. The van der Waals surface area contributed by atoms with E-state index in [1.54, 1.807) is 18.2 Å². The summed E-state index contributed by atoms with van der Waals surface area (Å²) in [7, 11) is 0. The molecule has 1 amide bonds. The van der Waals surface area contributed by atoms with Crippen molar-refractivity contribution in [1.82, 2.24) is 5.32 Å². The second kappa shape index (κ2) is 9.34. The lowest BCUT2D eigenvalue weighted by molar-refractivity contribution is -0.153. The highest BCUT2D eigenvalue weighted by Crippen LogP contribution is 2.26. The fraction of sp³-hybridized carbons (Fsp3) is 0.500. The van der Waals surface area contributed by atoms with Gasteiger partial charge in [0.25, 0.3) is 0 Å². The lowest BCUT2D eigenvalue weighted by Crippen LogP contribution is -2.31. The molecule has 2 N–H and O–H groups in total. The number of hydrogen-bond acceptors (Lipinski definition) is 3. The molecular formula is C18H23F3N2O2. The Morgan fingerprint density at radius 2 is 2.00 bits per heavy atom. The molecule has 0 saturated heterocycles. The van der Waals surface area contributed by atoms with Gasteiger partial charge < -0.3 is 15.4 Å². The third kappa shape index (κ3) is 7.49. The average Bonchev–Trinajstić information content (AvgIpc) is 2.59. The number of hydrogen-bond donors (Lipinski definition) is 2. The molecule has 0 radical (unpaired) electrons. The Bertz CT molecular complexity index is 600. The maximum atomic E-state index is 12.3. The normalized spacial score (nSPS) is 14.6. The van der Waals surface area contributed by atoms with Crippen molar-refractivity contribution in [3.8, 4) is 5.75 Å². The fourth-order valence-corrected chi connectivity index (χ4v) is 2.63. The highest BCUT2D eigenvalue weighted by Gasteiger charge is 2.28. The van der Waals surface area contributed by atoms with Crippen molar-refractivity contribution in [3.63, 3.8) is 0 Å². The van der Waals surface area contributed by atoms with Crippen LogP contribution in [0.5, 0.6) is 5.75 Å². The van der Waals surface area contributed by atoms with Crippen LogP contribution in [0.15, 0.2) is 35.9 Å². The second-order valence-corrected chi connectivity index (χ2v) is 5.96. The molecule has 0 heterocycles. The number of ether oxygens (including phenoxy) is 1. The van der Waals surface area contributed by atoms with Crippen LogP contribution in [0, 0.1) is 0 Å². The zero-order chi connectivity index (χ0) is 18.1. The number of rotatable bonds is 8. The Kier molecular flexibility index (Phi) is 7.16. The Balaban J connectivity index is 1.74. The van der Waals surface area contributed by atoms with Gasteiger partial charge in [0, 0.05) is 6.54 Å². The van der Waals surface area contributed by atoms with Crippen LogP contribution < -0.4 is 15.4 Å². The number of amides is 1. The van der Waals surface area contributed by atoms with Crippen LogP contribution in [0.3, 0.4) is 0 Å². The van der Waals surface area contributed by atoms with Crippen molar-refractivity contribution in [3.05, 3.63) is 35.9 Å². The first-order valence-electron chi connectivity index (χ1n) is 8.41. The summed E-state index contributed by atoms with van der Waals surface area (Å²) >= 11 is 0. The van der Waals surface area contributed by atoms with Gasteiger partial charge in [0.05, 0.1) is 12.2 Å². The summed E-state index contributed by atoms with van der Waals surface area (Å²) in [6.45, 7) is -0.822. The van der Waals surface area contributed by atoms with Gasteiger partial charge in [0.15, 0.2) is 6.61 Å². The summed E-state index contributed by atoms with van der Waals surface area (Å²) in [4.78, 5) is 11.9. The van der Waals surface area contributed by atoms with Crippen LogP contribution in [0.2, 0.25) is 0 Å². The van der Waals surface area contributed by atoms with E-state index >= 15 is 0 Å². The van der Waals surface area contributed by atoms with Gasteiger partial charge in [0.2, 0.25) is 5.91 Å². The first-order chi connectivity index (χ1) is 11.9. The van der Waals surface area contributed by atoms with Crippen LogP contribution in [-0.2, 0) is 4.79 Å². The number of carbonyl (C=O) groups excluding carboxylic acids is 1. The van der Waals surface area contributed by atoms with E-state index in [4.69, 9.17) is 4.74 Å². The Hall–Kier alpha value is -2.18.